The van der Waals surface area contributed by atoms with Crippen LogP contribution in [0.15, 0.2) is 46.5 Å². The van der Waals surface area contributed by atoms with Gasteiger partial charge in [0.25, 0.3) is 0 Å². The molecular weight excluding hydrogens is 451 g/mol. The minimum atomic E-state index is -3.59. The van der Waals surface area contributed by atoms with Gasteiger partial charge in [-0.05, 0) is 42.8 Å². The van der Waals surface area contributed by atoms with E-state index >= 15 is 0 Å². The van der Waals surface area contributed by atoms with Crippen LogP contribution in [0.5, 0.6) is 0 Å². The van der Waals surface area contributed by atoms with Crippen LogP contribution in [0, 0.1) is 5.82 Å². The second kappa shape index (κ2) is 9.78. The number of aromatic nitrogens is 2. The van der Waals surface area contributed by atoms with Crippen LogP contribution in [-0.4, -0.2) is 36.6 Å². The molecule has 0 aliphatic carbocycles. The van der Waals surface area contributed by atoms with Gasteiger partial charge in [0.15, 0.2) is 5.16 Å². The molecule has 11 heteroatoms. The van der Waals surface area contributed by atoms with Crippen molar-refractivity contribution in [3.8, 4) is 0 Å². The van der Waals surface area contributed by atoms with E-state index in [1.807, 2.05) is 6.92 Å². The van der Waals surface area contributed by atoms with Crippen LogP contribution in [0.1, 0.15) is 19.8 Å². The van der Waals surface area contributed by atoms with Crippen LogP contribution in [-0.2, 0) is 14.8 Å². The van der Waals surface area contributed by atoms with E-state index in [2.05, 4.69) is 20.0 Å². The van der Waals surface area contributed by atoms with Gasteiger partial charge in [-0.25, -0.2) is 22.5 Å². The third-order valence-electron chi connectivity index (χ3n) is 4.11. The van der Waals surface area contributed by atoms with Gasteiger partial charge in [0, 0.05) is 12.2 Å². The Hall–Kier alpha value is -2.14. The highest BCUT2D eigenvalue weighted by Gasteiger charge is 2.15. The Kier molecular flexibility index (Phi) is 7.35. The first kappa shape index (κ1) is 22.5. The Balaban J connectivity index is 1.64. The van der Waals surface area contributed by atoms with Crippen molar-refractivity contribution in [2.75, 3.05) is 17.6 Å². The zero-order valence-corrected chi connectivity index (χ0v) is 18.4. The molecule has 0 atom stereocenters. The van der Waals surface area contributed by atoms with Crippen molar-refractivity contribution in [2.24, 2.45) is 0 Å². The van der Waals surface area contributed by atoms with Crippen molar-refractivity contribution >= 4 is 56.0 Å². The SMILES string of the molecule is CCCCNS(=O)(=O)c1ccc2nc(SCC(=O)Nc3ccc(F)c(Cl)c3)[nH]c2c1. The Labute approximate surface area is 182 Å². The molecule has 0 aliphatic rings. The van der Waals surface area contributed by atoms with E-state index in [1.165, 1.54) is 30.3 Å². The molecule has 1 heterocycles. The molecule has 0 aliphatic heterocycles. The molecule has 1 aromatic heterocycles. The lowest BCUT2D eigenvalue weighted by Gasteiger charge is -2.05. The Morgan fingerprint density at radius 1 is 1.27 bits per heavy atom. The predicted octanol–water partition coefficient (Wildman–Crippen LogP) is 4.16. The zero-order valence-electron chi connectivity index (χ0n) is 16.0. The van der Waals surface area contributed by atoms with Crippen molar-refractivity contribution < 1.29 is 17.6 Å². The van der Waals surface area contributed by atoms with Gasteiger partial charge in [0.05, 0.1) is 26.7 Å². The molecule has 160 valence electrons. The van der Waals surface area contributed by atoms with E-state index < -0.39 is 15.8 Å². The van der Waals surface area contributed by atoms with Gasteiger partial charge in [0.1, 0.15) is 5.82 Å². The third kappa shape index (κ3) is 5.72. The van der Waals surface area contributed by atoms with Crippen LogP contribution in [0.3, 0.4) is 0 Å². The van der Waals surface area contributed by atoms with Gasteiger partial charge in [-0.15, -0.1) is 0 Å². The number of anilines is 1. The standard InChI is InChI=1S/C19H20ClFN4O3S2/c1-2-3-8-22-30(27,28)13-5-7-16-17(10-13)25-19(24-16)29-11-18(26)23-12-4-6-15(21)14(20)9-12/h4-7,9-10,22H,2-3,8,11H2,1H3,(H,23,26)(H,24,25). The summed E-state index contributed by atoms with van der Waals surface area (Å²) >= 11 is 6.86. The molecule has 0 bridgehead atoms. The van der Waals surface area contributed by atoms with Crippen LogP contribution in [0.4, 0.5) is 10.1 Å². The van der Waals surface area contributed by atoms with E-state index in [1.54, 1.807) is 6.07 Å². The van der Waals surface area contributed by atoms with Gasteiger partial charge >= 0.3 is 0 Å². The molecule has 0 spiro atoms. The van der Waals surface area contributed by atoms with Crippen LogP contribution >= 0.6 is 23.4 Å². The second-order valence-corrected chi connectivity index (χ2v) is 9.58. The molecule has 3 N–H and O–H groups in total. The van der Waals surface area contributed by atoms with Crippen molar-refractivity contribution in [3.05, 3.63) is 47.2 Å². The zero-order chi connectivity index (χ0) is 21.7. The number of hydrogen-bond donors (Lipinski definition) is 3. The summed E-state index contributed by atoms with van der Waals surface area (Å²) in [5, 5.41) is 3.03. The summed E-state index contributed by atoms with van der Waals surface area (Å²) in [5.41, 5.74) is 1.54. The largest absolute Gasteiger partial charge is 0.333 e. The molecular formula is C19H20ClFN4O3S2. The summed E-state index contributed by atoms with van der Waals surface area (Å²) in [6.45, 7) is 2.37. The average Bonchev–Trinajstić information content (AvgIpc) is 3.11. The minimum absolute atomic E-state index is 0.0541. The molecule has 0 radical (unpaired) electrons. The Morgan fingerprint density at radius 3 is 2.80 bits per heavy atom. The normalized spacial score (nSPS) is 11.7. The number of amides is 1. The van der Waals surface area contributed by atoms with Crippen molar-refractivity contribution in [2.45, 2.75) is 29.8 Å². The fraction of sp³-hybridized carbons (Fsp3) is 0.263. The number of rotatable bonds is 9. The van der Waals surface area contributed by atoms with E-state index in [-0.39, 0.29) is 21.6 Å². The molecule has 3 rings (SSSR count). The van der Waals surface area contributed by atoms with E-state index in [4.69, 9.17) is 11.6 Å². The van der Waals surface area contributed by atoms with E-state index in [9.17, 15) is 17.6 Å². The summed E-state index contributed by atoms with van der Waals surface area (Å²) in [6, 6.07) is 8.55. The molecule has 1 amide bonds. The molecule has 30 heavy (non-hydrogen) atoms. The molecule has 0 fully saturated rings. The van der Waals surface area contributed by atoms with Crippen LogP contribution in [0.2, 0.25) is 5.02 Å². The second-order valence-electron chi connectivity index (χ2n) is 6.44. The number of hydrogen-bond acceptors (Lipinski definition) is 5. The van der Waals surface area contributed by atoms with Gasteiger partial charge in [0.2, 0.25) is 15.9 Å². The third-order valence-corrected chi connectivity index (χ3v) is 6.73. The fourth-order valence-corrected chi connectivity index (χ4v) is 4.54. The summed E-state index contributed by atoms with van der Waals surface area (Å²) < 4.78 is 40.5. The number of unbranched alkanes of at least 4 members (excludes halogenated alkanes) is 1. The maximum Gasteiger partial charge on any atom is 0.240 e. The van der Waals surface area contributed by atoms with Gasteiger partial charge < -0.3 is 10.3 Å². The van der Waals surface area contributed by atoms with E-state index in [0.717, 1.165) is 24.6 Å². The number of nitrogens with zero attached hydrogens (tertiary/aromatic N) is 1. The first-order valence-electron chi connectivity index (χ1n) is 9.15. The van der Waals surface area contributed by atoms with Gasteiger partial charge in [-0.1, -0.05) is 36.7 Å². The highest BCUT2D eigenvalue weighted by molar-refractivity contribution is 7.99. The minimum Gasteiger partial charge on any atom is -0.333 e. The van der Waals surface area contributed by atoms with Crippen molar-refractivity contribution in [3.63, 3.8) is 0 Å². The maximum atomic E-state index is 13.2. The molecule has 0 saturated carbocycles. The number of benzene rings is 2. The first-order chi connectivity index (χ1) is 14.3. The van der Waals surface area contributed by atoms with Crippen LogP contribution in [0.25, 0.3) is 11.0 Å². The lowest BCUT2D eigenvalue weighted by Crippen LogP contribution is -2.24. The van der Waals surface area contributed by atoms with Crippen molar-refractivity contribution in [1.82, 2.24) is 14.7 Å². The summed E-state index contributed by atoms with van der Waals surface area (Å²) in [7, 11) is -3.59. The fourth-order valence-electron chi connectivity index (χ4n) is 2.57. The highest BCUT2D eigenvalue weighted by Crippen LogP contribution is 2.23. The monoisotopic (exact) mass is 470 g/mol. The number of thioether (sulfide) groups is 1. The number of H-pyrrole nitrogens is 1. The Morgan fingerprint density at radius 2 is 2.07 bits per heavy atom. The molecule has 7 nitrogen and oxygen atoms in total. The number of imidazole rings is 1. The summed E-state index contributed by atoms with van der Waals surface area (Å²) in [6.07, 6.45) is 1.66. The molecule has 3 aromatic rings. The quantitative estimate of drug-likeness (QED) is 0.321. The Bertz CT molecular complexity index is 1170. The number of sulfonamides is 1. The molecule has 2 aromatic carbocycles. The van der Waals surface area contributed by atoms with Gasteiger partial charge in [-0.3, -0.25) is 4.79 Å². The summed E-state index contributed by atoms with van der Waals surface area (Å²) in [5.74, 6) is -0.821. The lowest BCUT2D eigenvalue weighted by atomic mass is 10.3. The summed E-state index contributed by atoms with van der Waals surface area (Å²) in [4.78, 5) is 19.6. The highest BCUT2D eigenvalue weighted by atomic mass is 35.5. The smallest absolute Gasteiger partial charge is 0.240 e. The molecule has 0 saturated heterocycles. The van der Waals surface area contributed by atoms with Gasteiger partial charge in [-0.2, -0.15) is 0 Å². The number of carbonyl (C=O) groups is 1. The lowest BCUT2D eigenvalue weighted by molar-refractivity contribution is -0.113. The van der Waals surface area contributed by atoms with Crippen molar-refractivity contribution in [1.29, 1.82) is 0 Å². The number of halogens is 2. The predicted molar refractivity (Wildman–Crippen MR) is 117 cm³/mol. The maximum absolute atomic E-state index is 13.2. The number of nitrogens with one attached hydrogen (secondary N) is 3. The average molecular weight is 471 g/mol. The van der Waals surface area contributed by atoms with Crippen LogP contribution < -0.4 is 10.0 Å². The molecule has 0 unspecified atom stereocenters. The number of aromatic amines is 1. The number of carbonyl (C=O) groups excluding carboxylic acids is 1. The number of fused-ring (bicyclic) bond motifs is 1. The first-order valence-corrected chi connectivity index (χ1v) is 12.0. The topological polar surface area (TPSA) is 104 Å². The van der Waals surface area contributed by atoms with E-state index in [0.29, 0.717) is 28.4 Å².